The van der Waals surface area contributed by atoms with Gasteiger partial charge < -0.3 is 9.64 Å². The minimum absolute atomic E-state index is 0.0189. The van der Waals surface area contributed by atoms with Crippen LogP contribution in [-0.2, 0) is 27.9 Å². The molecule has 0 aliphatic carbocycles. The number of aryl methyl sites for hydroxylation is 1. The van der Waals surface area contributed by atoms with E-state index < -0.39 is 0 Å². The first kappa shape index (κ1) is 16.8. The maximum Gasteiger partial charge on any atom is 0.329 e. The molecule has 1 aromatic carbocycles. The van der Waals surface area contributed by atoms with Gasteiger partial charge in [0.25, 0.3) is 0 Å². The van der Waals surface area contributed by atoms with Crippen LogP contribution in [0.5, 0.6) is 0 Å². The number of benzene rings is 1. The minimum atomic E-state index is -0.295. The molecule has 0 fully saturated rings. The first-order valence-electron chi connectivity index (χ1n) is 7.40. The summed E-state index contributed by atoms with van der Waals surface area (Å²) in [7, 11) is 4.69. The molecule has 0 aliphatic heterocycles. The van der Waals surface area contributed by atoms with Crippen molar-refractivity contribution in [2.75, 3.05) is 20.7 Å². The zero-order valence-corrected chi connectivity index (χ0v) is 13.6. The largest absolute Gasteiger partial charge is 0.469 e. The van der Waals surface area contributed by atoms with Crippen LogP contribution in [0.25, 0.3) is 11.0 Å². The Bertz CT molecular complexity index is 775. The smallest absolute Gasteiger partial charge is 0.329 e. The maximum absolute atomic E-state index is 12.3. The lowest BCUT2D eigenvalue weighted by Crippen LogP contribution is -2.34. The minimum Gasteiger partial charge on any atom is -0.469 e. The van der Waals surface area contributed by atoms with Gasteiger partial charge >= 0.3 is 11.7 Å². The summed E-state index contributed by atoms with van der Waals surface area (Å²) in [5.74, 6) is -0.468. The fourth-order valence-corrected chi connectivity index (χ4v) is 2.46. The first-order chi connectivity index (χ1) is 11.0. The van der Waals surface area contributed by atoms with Crippen LogP contribution in [-0.4, -0.2) is 46.6 Å². The fourth-order valence-electron chi connectivity index (χ4n) is 2.46. The van der Waals surface area contributed by atoms with Crippen molar-refractivity contribution >= 4 is 22.9 Å². The van der Waals surface area contributed by atoms with Gasteiger partial charge in [0.2, 0.25) is 5.91 Å². The van der Waals surface area contributed by atoms with Gasteiger partial charge in [0.1, 0.15) is 6.54 Å². The van der Waals surface area contributed by atoms with E-state index in [4.69, 9.17) is 0 Å². The first-order valence-corrected chi connectivity index (χ1v) is 7.40. The molecule has 2 aromatic rings. The van der Waals surface area contributed by atoms with E-state index in [1.54, 1.807) is 14.1 Å². The number of ether oxygens (including phenoxy) is 1. The number of carbonyl (C=O) groups is 2. The molecule has 23 heavy (non-hydrogen) atoms. The van der Waals surface area contributed by atoms with Crippen molar-refractivity contribution in [2.45, 2.75) is 19.4 Å². The Balaban J connectivity index is 2.07. The summed E-state index contributed by atoms with van der Waals surface area (Å²) < 4.78 is 7.56. The predicted octanol–water partition coefficient (Wildman–Crippen LogP) is 0.752. The highest BCUT2D eigenvalue weighted by Gasteiger charge is 2.16. The monoisotopic (exact) mass is 319 g/mol. The molecule has 2 rings (SSSR count). The zero-order chi connectivity index (χ0) is 17.0. The fraction of sp³-hybridized carbons (Fsp3) is 0.438. The van der Waals surface area contributed by atoms with Crippen molar-refractivity contribution in [2.24, 2.45) is 7.05 Å². The topological polar surface area (TPSA) is 73.5 Å². The molecular formula is C16H21N3O4. The quantitative estimate of drug-likeness (QED) is 0.737. The summed E-state index contributed by atoms with van der Waals surface area (Å²) in [6, 6.07) is 7.36. The van der Waals surface area contributed by atoms with Gasteiger partial charge in [0.05, 0.1) is 18.1 Å². The Morgan fingerprint density at radius 3 is 2.52 bits per heavy atom. The van der Waals surface area contributed by atoms with Crippen molar-refractivity contribution < 1.29 is 14.3 Å². The average Bonchev–Trinajstić information content (AvgIpc) is 2.79. The lowest BCUT2D eigenvalue weighted by atomic mass is 10.3. The number of hydrogen-bond acceptors (Lipinski definition) is 4. The lowest BCUT2D eigenvalue weighted by Gasteiger charge is -2.17. The molecule has 0 spiro atoms. The molecule has 0 atom stereocenters. The Hall–Kier alpha value is -2.57. The van der Waals surface area contributed by atoms with Crippen LogP contribution in [0.4, 0.5) is 0 Å². The van der Waals surface area contributed by atoms with Crippen molar-refractivity contribution in [1.29, 1.82) is 0 Å². The summed E-state index contributed by atoms with van der Waals surface area (Å²) in [6.45, 7) is 0.419. The molecule has 1 aromatic heterocycles. The SMILES string of the molecule is COC(=O)CCCN(C)C(=O)Cn1c(=O)n(C)c2ccccc21. The Labute approximate surface area is 134 Å². The highest BCUT2D eigenvalue weighted by atomic mass is 16.5. The van der Waals surface area contributed by atoms with E-state index in [9.17, 15) is 14.4 Å². The molecule has 0 unspecified atom stereocenters. The Morgan fingerprint density at radius 2 is 1.87 bits per heavy atom. The number of nitrogens with zero attached hydrogens (tertiary/aromatic N) is 3. The van der Waals surface area contributed by atoms with E-state index >= 15 is 0 Å². The Kier molecular flexibility index (Phi) is 5.20. The molecule has 1 heterocycles. The maximum atomic E-state index is 12.3. The van der Waals surface area contributed by atoms with Gasteiger partial charge in [-0.05, 0) is 18.6 Å². The van der Waals surface area contributed by atoms with Gasteiger partial charge in [0.15, 0.2) is 0 Å². The number of amides is 1. The van der Waals surface area contributed by atoms with Crippen molar-refractivity contribution in [1.82, 2.24) is 14.0 Å². The number of methoxy groups -OCH3 is 1. The summed E-state index contributed by atoms with van der Waals surface area (Å²) in [5, 5.41) is 0. The normalized spacial score (nSPS) is 10.7. The third-order valence-corrected chi connectivity index (χ3v) is 3.87. The summed E-state index contributed by atoms with van der Waals surface area (Å²) in [5.41, 5.74) is 1.30. The second-order valence-electron chi connectivity index (χ2n) is 5.41. The van der Waals surface area contributed by atoms with E-state index in [-0.39, 0.29) is 30.5 Å². The van der Waals surface area contributed by atoms with E-state index in [1.165, 1.54) is 21.1 Å². The molecule has 0 saturated carbocycles. The van der Waals surface area contributed by atoms with Crippen LogP contribution in [0, 0.1) is 0 Å². The van der Waals surface area contributed by atoms with Gasteiger partial charge in [-0.15, -0.1) is 0 Å². The van der Waals surface area contributed by atoms with Gasteiger partial charge in [-0.3, -0.25) is 18.7 Å². The summed E-state index contributed by atoms with van der Waals surface area (Å²) in [6.07, 6.45) is 0.793. The van der Waals surface area contributed by atoms with Gasteiger partial charge in [-0.2, -0.15) is 0 Å². The number of esters is 1. The molecule has 7 nitrogen and oxygen atoms in total. The second-order valence-corrected chi connectivity index (χ2v) is 5.41. The highest BCUT2D eigenvalue weighted by Crippen LogP contribution is 2.11. The third-order valence-electron chi connectivity index (χ3n) is 3.87. The lowest BCUT2D eigenvalue weighted by molar-refractivity contribution is -0.141. The van der Waals surface area contributed by atoms with Crippen LogP contribution in [0.3, 0.4) is 0 Å². The number of rotatable bonds is 6. The molecule has 0 N–H and O–H groups in total. The number of fused-ring (bicyclic) bond motifs is 1. The van der Waals surface area contributed by atoms with Gasteiger partial charge in [-0.1, -0.05) is 12.1 Å². The molecule has 0 aliphatic rings. The number of imidazole rings is 1. The number of carbonyl (C=O) groups excluding carboxylic acids is 2. The molecule has 0 bridgehead atoms. The van der Waals surface area contributed by atoms with E-state index in [0.717, 1.165) is 11.0 Å². The van der Waals surface area contributed by atoms with Crippen molar-refractivity contribution in [3.63, 3.8) is 0 Å². The average molecular weight is 319 g/mol. The van der Waals surface area contributed by atoms with E-state index in [0.29, 0.717) is 13.0 Å². The second kappa shape index (κ2) is 7.13. The molecule has 0 saturated heterocycles. The molecule has 1 amide bonds. The number of likely N-dealkylation sites (N-methyl/N-ethyl adjacent to an activating group) is 1. The van der Waals surface area contributed by atoms with Gasteiger partial charge in [0, 0.05) is 27.1 Å². The van der Waals surface area contributed by atoms with Crippen LogP contribution in [0.1, 0.15) is 12.8 Å². The molecule has 0 radical (unpaired) electrons. The van der Waals surface area contributed by atoms with Crippen LogP contribution in [0.2, 0.25) is 0 Å². The van der Waals surface area contributed by atoms with Crippen LogP contribution < -0.4 is 5.69 Å². The Morgan fingerprint density at radius 1 is 1.22 bits per heavy atom. The molecule has 7 heteroatoms. The molecular weight excluding hydrogens is 298 g/mol. The van der Waals surface area contributed by atoms with Crippen LogP contribution in [0.15, 0.2) is 29.1 Å². The van der Waals surface area contributed by atoms with Crippen LogP contribution >= 0.6 is 0 Å². The van der Waals surface area contributed by atoms with Crippen molar-refractivity contribution in [3.05, 3.63) is 34.7 Å². The highest BCUT2D eigenvalue weighted by molar-refractivity contribution is 5.80. The number of aromatic nitrogens is 2. The standard InChI is InChI=1S/C16H21N3O4/c1-17(10-6-9-15(21)23-3)14(20)11-19-13-8-5-4-7-12(13)18(2)16(19)22/h4-5,7-8H,6,9-11H2,1-3H3. The van der Waals surface area contributed by atoms with E-state index in [1.807, 2.05) is 24.3 Å². The summed E-state index contributed by atoms with van der Waals surface area (Å²) >= 11 is 0. The van der Waals surface area contributed by atoms with Gasteiger partial charge in [-0.25, -0.2) is 4.79 Å². The molecule has 124 valence electrons. The number of para-hydroxylation sites is 2. The predicted molar refractivity (Wildman–Crippen MR) is 86.1 cm³/mol. The third kappa shape index (κ3) is 3.61. The summed E-state index contributed by atoms with van der Waals surface area (Å²) in [4.78, 5) is 37.2. The number of hydrogen-bond donors (Lipinski definition) is 0. The van der Waals surface area contributed by atoms with E-state index in [2.05, 4.69) is 4.74 Å². The van der Waals surface area contributed by atoms with Crippen molar-refractivity contribution in [3.8, 4) is 0 Å². The zero-order valence-electron chi connectivity index (χ0n) is 13.6.